The highest BCUT2D eigenvalue weighted by Gasteiger charge is 2.38. The zero-order chi connectivity index (χ0) is 9.90. The first-order valence-corrected chi connectivity index (χ1v) is 4.43. The van der Waals surface area contributed by atoms with Gasteiger partial charge in [-0.25, -0.2) is 0 Å². The van der Waals surface area contributed by atoms with Crippen molar-refractivity contribution in [2.45, 2.75) is 18.9 Å². The van der Waals surface area contributed by atoms with Gasteiger partial charge in [0, 0.05) is 19.2 Å². The first-order valence-electron chi connectivity index (χ1n) is 4.43. The summed E-state index contributed by atoms with van der Waals surface area (Å²) in [7, 11) is 3.09. The van der Waals surface area contributed by atoms with E-state index in [1.165, 1.54) is 7.11 Å². The number of nitrogens with one attached hydrogen (secondary N) is 1. The highest BCUT2D eigenvalue weighted by Crippen LogP contribution is 2.24. The Labute approximate surface area is 78.6 Å². The van der Waals surface area contributed by atoms with Gasteiger partial charge in [0.15, 0.2) is 0 Å². The number of rotatable bonds is 3. The Morgan fingerprint density at radius 3 is 2.85 bits per heavy atom. The molecule has 0 unspecified atom stereocenters. The first-order chi connectivity index (χ1) is 6.11. The molecule has 0 aromatic rings. The summed E-state index contributed by atoms with van der Waals surface area (Å²) in [5.41, 5.74) is -0.0758. The van der Waals surface area contributed by atoms with Crippen LogP contribution in [0.3, 0.4) is 0 Å². The molecule has 76 valence electrons. The van der Waals surface area contributed by atoms with E-state index in [0.717, 1.165) is 6.42 Å². The molecule has 1 saturated heterocycles. The molecule has 4 heteroatoms. The van der Waals surface area contributed by atoms with Crippen LogP contribution >= 0.6 is 0 Å². The van der Waals surface area contributed by atoms with Crippen LogP contribution in [0.5, 0.6) is 0 Å². The topological polar surface area (TPSA) is 47.6 Å². The predicted octanol–water partition coefficient (Wildman–Crippen LogP) is 0.174. The van der Waals surface area contributed by atoms with Crippen LogP contribution in [0, 0.1) is 5.92 Å². The van der Waals surface area contributed by atoms with E-state index >= 15 is 0 Å². The van der Waals surface area contributed by atoms with Crippen LogP contribution in [-0.4, -0.2) is 38.9 Å². The summed E-state index contributed by atoms with van der Waals surface area (Å²) in [5.74, 6) is -0.155. The Bertz CT molecular complexity index is 195. The number of ether oxygens (including phenoxy) is 2. The first kappa shape index (κ1) is 10.5. The fourth-order valence-corrected chi connectivity index (χ4v) is 1.82. The summed E-state index contributed by atoms with van der Waals surface area (Å²) in [6, 6.07) is 0. The summed E-state index contributed by atoms with van der Waals surface area (Å²) in [6.07, 6.45) is 0.785. The third-order valence-electron chi connectivity index (χ3n) is 2.47. The van der Waals surface area contributed by atoms with Crippen LogP contribution in [0.25, 0.3) is 0 Å². The molecule has 0 spiro atoms. The normalized spacial score (nSPS) is 33.3. The maximum Gasteiger partial charge on any atom is 0.310 e. The minimum Gasteiger partial charge on any atom is -0.469 e. The van der Waals surface area contributed by atoms with Crippen LogP contribution in [-0.2, 0) is 14.3 Å². The lowest BCUT2D eigenvalue weighted by molar-refractivity contribution is -0.144. The molecule has 1 rings (SSSR count). The standard InChI is InChI=1S/C9H17NO3/c1-9(6-12-2)4-7(5-10-9)8(11)13-3/h7,10H,4-6H2,1-3H3/t7-,9-/m0/s1. The van der Waals surface area contributed by atoms with Crippen molar-refractivity contribution in [3.63, 3.8) is 0 Å². The lowest BCUT2D eigenvalue weighted by Gasteiger charge is -2.22. The average molecular weight is 187 g/mol. The summed E-state index contributed by atoms with van der Waals surface area (Å²) in [5, 5.41) is 3.27. The maximum absolute atomic E-state index is 11.2. The highest BCUT2D eigenvalue weighted by molar-refractivity contribution is 5.73. The summed E-state index contributed by atoms with van der Waals surface area (Å²) >= 11 is 0. The molecule has 0 radical (unpaired) electrons. The van der Waals surface area contributed by atoms with E-state index in [0.29, 0.717) is 13.2 Å². The minimum absolute atomic E-state index is 0.0230. The summed E-state index contributed by atoms with van der Waals surface area (Å²) in [6.45, 7) is 3.37. The monoisotopic (exact) mass is 187 g/mol. The fourth-order valence-electron chi connectivity index (χ4n) is 1.82. The van der Waals surface area contributed by atoms with Gasteiger partial charge in [-0.05, 0) is 13.3 Å². The number of carbonyl (C=O) groups excluding carboxylic acids is 1. The van der Waals surface area contributed by atoms with E-state index in [2.05, 4.69) is 17.0 Å². The summed E-state index contributed by atoms with van der Waals surface area (Å²) in [4.78, 5) is 11.2. The Morgan fingerprint density at radius 1 is 1.62 bits per heavy atom. The quantitative estimate of drug-likeness (QED) is 0.640. The van der Waals surface area contributed by atoms with Crippen molar-refractivity contribution in [2.75, 3.05) is 27.4 Å². The predicted molar refractivity (Wildman–Crippen MR) is 48.4 cm³/mol. The molecule has 0 saturated carbocycles. The minimum atomic E-state index is -0.132. The molecule has 0 aliphatic carbocycles. The Kier molecular flexibility index (Phi) is 3.27. The Balaban J connectivity index is 2.47. The van der Waals surface area contributed by atoms with Gasteiger partial charge in [0.25, 0.3) is 0 Å². The molecule has 1 aliphatic rings. The fraction of sp³-hybridized carbons (Fsp3) is 0.889. The Morgan fingerprint density at radius 2 is 2.31 bits per heavy atom. The van der Waals surface area contributed by atoms with Gasteiger partial charge >= 0.3 is 5.97 Å². The van der Waals surface area contributed by atoms with Crippen LogP contribution in [0.4, 0.5) is 0 Å². The number of hydrogen-bond donors (Lipinski definition) is 1. The molecular weight excluding hydrogens is 170 g/mol. The second-order valence-corrected chi connectivity index (χ2v) is 3.80. The average Bonchev–Trinajstić information content (AvgIpc) is 2.47. The lowest BCUT2D eigenvalue weighted by Crippen LogP contribution is -2.40. The van der Waals surface area contributed by atoms with Crippen molar-refractivity contribution >= 4 is 5.97 Å². The molecule has 0 aromatic heterocycles. The largest absolute Gasteiger partial charge is 0.469 e. The van der Waals surface area contributed by atoms with Gasteiger partial charge in [-0.2, -0.15) is 0 Å². The zero-order valence-corrected chi connectivity index (χ0v) is 8.42. The number of methoxy groups -OCH3 is 2. The second-order valence-electron chi connectivity index (χ2n) is 3.80. The van der Waals surface area contributed by atoms with Gasteiger partial charge in [-0.1, -0.05) is 0 Å². The third kappa shape index (κ3) is 2.42. The van der Waals surface area contributed by atoms with Crippen molar-refractivity contribution < 1.29 is 14.3 Å². The molecule has 1 N–H and O–H groups in total. The van der Waals surface area contributed by atoms with E-state index in [1.807, 2.05) is 0 Å². The van der Waals surface area contributed by atoms with Crippen molar-refractivity contribution in [1.82, 2.24) is 5.32 Å². The van der Waals surface area contributed by atoms with Crippen LogP contribution in [0.2, 0.25) is 0 Å². The molecule has 0 amide bonds. The van der Waals surface area contributed by atoms with Gasteiger partial charge < -0.3 is 14.8 Å². The van der Waals surface area contributed by atoms with Crippen molar-refractivity contribution in [3.8, 4) is 0 Å². The number of carbonyl (C=O) groups is 1. The third-order valence-corrected chi connectivity index (χ3v) is 2.47. The van der Waals surface area contributed by atoms with E-state index in [-0.39, 0.29) is 17.4 Å². The highest BCUT2D eigenvalue weighted by atomic mass is 16.5. The van der Waals surface area contributed by atoms with Crippen molar-refractivity contribution in [3.05, 3.63) is 0 Å². The zero-order valence-electron chi connectivity index (χ0n) is 8.42. The molecule has 13 heavy (non-hydrogen) atoms. The van der Waals surface area contributed by atoms with Gasteiger partial charge in [0.1, 0.15) is 0 Å². The smallest absolute Gasteiger partial charge is 0.310 e. The molecule has 2 atom stereocenters. The summed E-state index contributed by atoms with van der Waals surface area (Å²) < 4.78 is 9.76. The van der Waals surface area contributed by atoms with Crippen molar-refractivity contribution in [2.24, 2.45) is 5.92 Å². The molecule has 0 bridgehead atoms. The number of hydrogen-bond acceptors (Lipinski definition) is 4. The number of esters is 1. The lowest BCUT2D eigenvalue weighted by atomic mass is 9.96. The molecule has 1 fully saturated rings. The van der Waals surface area contributed by atoms with Crippen molar-refractivity contribution in [1.29, 1.82) is 0 Å². The molecule has 1 aliphatic heterocycles. The van der Waals surface area contributed by atoms with E-state index in [1.54, 1.807) is 7.11 Å². The second kappa shape index (κ2) is 4.07. The van der Waals surface area contributed by atoms with Gasteiger partial charge in [-0.3, -0.25) is 4.79 Å². The maximum atomic E-state index is 11.2. The molecule has 0 aromatic carbocycles. The molecular formula is C9H17NO3. The van der Waals surface area contributed by atoms with Crippen LogP contribution in [0.15, 0.2) is 0 Å². The molecule has 4 nitrogen and oxygen atoms in total. The Hall–Kier alpha value is -0.610. The van der Waals surface area contributed by atoms with Gasteiger partial charge in [0.2, 0.25) is 0 Å². The van der Waals surface area contributed by atoms with E-state index < -0.39 is 0 Å². The van der Waals surface area contributed by atoms with Gasteiger partial charge in [0.05, 0.1) is 19.6 Å². The van der Waals surface area contributed by atoms with Gasteiger partial charge in [-0.15, -0.1) is 0 Å². The van der Waals surface area contributed by atoms with E-state index in [4.69, 9.17) is 4.74 Å². The van der Waals surface area contributed by atoms with Crippen LogP contribution in [0.1, 0.15) is 13.3 Å². The van der Waals surface area contributed by atoms with E-state index in [9.17, 15) is 4.79 Å². The molecule has 1 heterocycles. The van der Waals surface area contributed by atoms with Crippen LogP contribution < -0.4 is 5.32 Å². The SMILES string of the molecule is COC[C@]1(C)C[C@H](C(=O)OC)CN1.